The number of fused-ring (bicyclic) bond motifs is 1. The highest BCUT2D eigenvalue weighted by atomic mass is 35.5. The van der Waals surface area contributed by atoms with Crippen LogP contribution in [0.1, 0.15) is 19.8 Å². The molecule has 0 atom stereocenters. The summed E-state index contributed by atoms with van der Waals surface area (Å²) in [7, 11) is 0. The molecule has 0 spiro atoms. The number of halogens is 1. The van der Waals surface area contributed by atoms with Gasteiger partial charge in [-0.15, -0.1) is 0 Å². The molecule has 1 aromatic heterocycles. The normalized spacial score (nSPS) is 24.4. The zero-order valence-corrected chi connectivity index (χ0v) is 10.6. The van der Waals surface area contributed by atoms with Crippen molar-refractivity contribution < 1.29 is 0 Å². The van der Waals surface area contributed by atoms with Gasteiger partial charge in [-0.3, -0.25) is 0 Å². The van der Waals surface area contributed by atoms with E-state index in [9.17, 15) is 0 Å². The standard InChI is InChI=1S/C12H13ClN2S/c1-7-5-8(6-7)14-12-15-10-4-2-3-9(13)11(10)16-12/h2-4,7-8H,5-6H2,1H3,(H,14,15). The Morgan fingerprint density at radius 1 is 1.44 bits per heavy atom. The Hall–Kier alpha value is -0.800. The van der Waals surface area contributed by atoms with Gasteiger partial charge < -0.3 is 5.32 Å². The maximum absolute atomic E-state index is 6.12. The second kappa shape index (κ2) is 3.90. The van der Waals surface area contributed by atoms with Crippen molar-refractivity contribution in [2.45, 2.75) is 25.8 Å². The fraction of sp³-hybridized carbons (Fsp3) is 0.417. The summed E-state index contributed by atoms with van der Waals surface area (Å²) in [5.41, 5.74) is 0.993. The van der Waals surface area contributed by atoms with Crippen LogP contribution >= 0.6 is 22.9 Å². The first-order valence-electron chi connectivity index (χ1n) is 5.54. The van der Waals surface area contributed by atoms with E-state index in [0.29, 0.717) is 6.04 Å². The molecular formula is C12H13ClN2S. The zero-order valence-electron chi connectivity index (χ0n) is 9.03. The number of nitrogens with zero attached hydrogens (tertiary/aromatic N) is 1. The van der Waals surface area contributed by atoms with Crippen LogP contribution in [0.15, 0.2) is 18.2 Å². The van der Waals surface area contributed by atoms with Gasteiger partial charge in [0, 0.05) is 6.04 Å². The molecule has 1 aromatic carbocycles. The van der Waals surface area contributed by atoms with Crippen LogP contribution in [-0.2, 0) is 0 Å². The minimum atomic E-state index is 0.606. The first-order valence-corrected chi connectivity index (χ1v) is 6.73. The number of anilines is 1. The van der Waals surface area contributed by atoms with Crippen molar-refractivity contribution in [1.82, 2.24) is 4.98 Å². The first-order chi connectivity index (χ1) is 7.72. The van der Waals surface area contributed by atoms with Gasteiger partial charge >= 0.3 is 0 Å². The lowest BCUT2D eigenvalue weighted by Crippen LogP contribution is -2.33. The maximum atomic E-state index is 6.12. The molecule has 2 nitrogen and oxygen atoms in total. The first kappa shape index (κ1) is 10.4. The summed E-state index contributed by atoms with van der Waals surface area (Å²) in [6.07, 6.45) is 2.51. The topological polar surface area (TPSA) is 24.9 Å². The van der Waals surface area contributed by atoms with Crippen LogP contribution in [-0.4, -0.2) is 11.0 Å². The average molecular weight is 253 g/mol. The fourth-order valence-corrected chi connectivity index (χ4v) is 3.40. The van der Waals surface area contributed by atoms with Crippen molar-refractivity contribution in [2.75, 3.05) is 5.32 Å². The Labute approximate surface area is 104 Å². The van der Waals surface area contributed by atoms with E-state index < -0.39 is 0 Å². The largest absolute Gasteiger partial charge is 0.359 e. The molecule has 0 saturated heterocycles. The number of aromatic nitrogens is 1. The molecule has 0 radical (unpaired) electrons. The predicted molar refractivity (Wildman–Crippen MR) is 70.4 cm³/mol. The lowest BCUT2D eigenvalue weighted by atomic mass is 9.82. The molecular weight excluding hydrogens is 240 g/mol. The molecule has 1 N–H and O–H groups in total. The monoisotopic (exact) mass is 252 g/mol. The maximum Gasteiger partial charge on any atom is 0.184 e. The number of nitrogens with one attached hydrogen (secondary N) is 1. The van der Waals surface area contributed by atoms with Gasteiger partial charge in [-0.2, -0.15) is 0 Å². The summed E-state index contributed by atoms with van der Waals surface area (Å²) in [6.45, 7) is 2.29. The molecule has 4 heteroatoms. The van der Waals surface area contributed by atoms with Crippen LogP contribution in [0.3, 0.4) is 0 Å². The van der Waals surface area contributed by atoms with Crippen molar-refractivity contribution in [3.05, 3.63) is 23.2 Å². The van der Waals surface area contributed by atoms with E-state index in [1.165, 1.54) is 12.8 Å². The molecule has 1 fully saturated rings. The van der Waals surface area contributed by atoms with Crippen LogP contribution in [0.2, 0.25) is 5.02 Å². The summed E-state index contributed by atoms with van der Waals surface area (Å²) in [5.74, 6) is 0.857. The highest BCUT2D eigenvalue weighted by Gasteiger charge is 2.25. The molecule has 0 aliphatic heterocycles. The average Bonchev–Trinajstić information content (AvgIpc) is 2.60. The van der Waals surface area contributed by atoms with Crippen LogP contribution in [0.25, 0.3) is 10.2 Å². The number of thiazole rings is 1. The van der Waals surface area contributed by atoms with E-state index in [1.54, 1.807) is 11.3 Å². The van der Waals surface area contributed by atoms with Gasteiger partial charge in [0.05, 0.1) is 15.2 Å². The molecule has 0 amide bonds. The third-order valence-corrected chi connectivity index (χ3v) is 4.53. The minimum absolute atomic E-state index is 0.606. The van der Waals surface area contributed by atoms with Gasteiger partial charge in [0.25, 0.3) is 0 Å². The lowest BCUT2D eigenvalue weighted by Gasteiger charge is -2.33. The van der Waals surface area contributed by atoms with E-state index in [-0.39, 0.29) is 0 Å². The Kier molecular flexibility index (Phi) is 2.52. The van der Waals surface area contributed by atoms with Gasteiger partial charge in [-0.05, 0) is 30.9 Å². The second-order valence-corrected chi connectivity index (χ2v) is 5.93. The molecule has 0 bridgehead atoms. The van der Waals surface area contributed by atoms with E-state index in [1.807, 2.05) is 18.2 Å². The summed E-state index contributed by atoms with van der Waals surface area (Å²) in [6, 6.07) is 6.47. The predicted octanol–water partition coefficient (Wildman–Crippen LogP) is 4.16. The SMILES string of the molecule is CC1CC(Nc2nc3cccc(Cl)c3s2)C1. The van der Waals surface area contributed by atoms with E-state index >= 15 is 0 Å². The quantitative estimate of drug-likeness (QED) is 0.868. The Bertz CT molecular complexity index is 517. The summed E-state index contributed by atoms with van der Waals surface area (Å²) in [4.78, 5) is 4.54. The van der Waals surface area contributed by atoms with Crippen molar-refractivity contribution in [2.24, 2.45) is 5.92 Å². The number of hydrogen-bond acceptors (Lipinski definition) is 3. The van der Waals surface area contributed by atoms with Gasteiger partial charge in [0.1, 0.15) is 0 Å². The molecule has 1 heterocycles. The van der Waals surface area contributed by atoms with Gasteiger partial charge in [-0.1, -0.05) is 35.9 Å². The summed E-state index contributed by atoms with van der Waals surface area (Å²) in [5, 5.41) is 5.27. The molecule has 1 aliphatic carbocycles. The number of rotatable bonds is 2. The van der Waals surface area contributed by atoms with E-state index in [4.69, 9.17) is 11.6 Å². The fourth-order valence-electron chi connectivity index (χ4n) is 2.17. The molecule has 84 valence electrons. The van der Waals surface area contributed by atoms with Crippen molar-refractivity contribution in [1.29, 1.82) is 0 Å². The van der Waals surface area contributed by atoms with Crippen molar-refractivity contribution >= 4 is 38.3 Å². The van der Waals surface area contributed by atoms with Crippen molar-refractivity contribution in [3.8, 4) is 0 Å². The number of hydrogen-bond donors (Lipinski definition) is 1. The van der Waals surface area contributed by atoms with Crippen LogP contribution in [0.5, 0.6) is 0 Å². The van der Waals surface area contributed by atoms with E-state index in [0.717, 1.165) is 26.3 Å². The number of benzene rings is 1. The Balaban J connectivity index is 1.85. The zero-order chi connectivity index (χ0) is 11.1. The molecule has 1 aliphatic rings. The van der Waals surface area contributed by atoms with E-state index in [2.05, 4.69) is 17.2 Å². The summed E-state index contributed by atoms with van der Waals surface area (Å²) >= 11 is 7.77. The lowest BCUT2D eigenvalue weighted by molar-refractivity contribution is 0.309. The second-order valence-electron chi connectivity index (χ2n) is 4.52. The van der Waals surface area contributed by atoms with Crippen LogP contribution in [0.4, 0.5) is 5.13 Å². The Morgan fingerprint density at radius 3 is 2.94 bits per heavy atom. The highest BCUT2D eigenvalue weighted by Crippen LogP contribution is 2.35. The Morgan fingerprint density at radius 2 is 2.25 bits per heavy atom. The third-order valence-electron chi connectivity index (χ3n) is 3.07. The smallest absolute Gasteiger partial charge is 0.184 e. The van der Waals surface area contributed by atoms with Gasteiger partial charge in [0.2, 0.25) is 0 Å². The molecule has 16 heavy (non-hydrogen) atoms. The van der Waals surface area contributed by atoms with Crippen LogP contribution in [0, 0.1) is 5.92 Å². The van der Waals surface area contributed by atoms with Crippen molar-refractivity contribution in [3.63, 3.8) is 0 Å². The summed E-state index contributed by atoms with van der Waals surface area (Å²) < 4.78 is 1.08. The highest BCUT2D eigenvalue weighted by molar-refractivity contribution is 7.22. The molecule has 1 saturated carbocycles. The minimum Gasteiger partial charge on any atom is -0.359 e. The molecule has 2 aromatic rings. The van der Waals surface area contributed by atoms with Gasteiger partial charge in [0.15, 0.2) is 5.13 Å². The van der Waals surface area contributed by atoms with Crippen LogP contribution < -0.4 is 5.32 Å². The molecule has 0 unspecified atom stereocenters. The van der Waals surface area contributed by atoms with Gasteiger partial charge in [-0.25, -0.2) is 4.98 Å². The molecule has 3 rings (SSSR count). The third kappa shape index (κ3) is 1.78.